The molecule has 0 saturated heterocycles. The van der Waals surface area contributed by atoms with Crippen LogP contribution < -0.4 is 29.3 Å². The van der Waals surface area contributed by atoms with E-state index >= 15 is 0 Å². The molecular weight excluding hydrogens is 376 g/mol. The van der Waals surface area contributed by atoms with Gasteiger partial charge in [0, 0.05) is 0 Å². The fraction of sp³-hybridized carbons (Fsp3) is 0.538. The van der Waals surface area contributed by atoms with E-state index in [1.807, 2.05) is 25.1 Å². The first-order valence-electron chi connectivity index (χ1n) is 6.12. The summed E-state index contributed by atoms with van der Waals surface area (Å²) in [6.07, 6.45) is 0. The molecule has 0 saturated carbocycles. The van der Waals surface area contributed by atoms with Crippen molar-refractivity contribution < 1.29 is 42.1 Å². The van der Waals surface area contributed by atoms with E-state index in [0.29, 0.717) is 18.5 Å². The molecule has 0 aliphatic heterocycles. The highest BCUT2D eigenvalue weighted by atomic mass is 127. The van der Waals surface area contributed by atoms with Gasteiger partial charge in [-0.1, -0.05) is 18.2 Å². The third kappa shape index (κ3) is 6.86. The molecule has 0 fully saturated rings. The van der Waals surface area contributed by atoms with Gasteiger partial charge in [0.05, 0.1) is 33.1 Å². The lowest BCUT2D eigenvalue weighted by atomic mass is 10.4. The van der Waals surface area contributed by atoms with Crippen LogP contribution in [0.1, 0.15) is 6.92 Å². The Balaban J connectivity index is 0.00000324. The SMILES string of the molecule is CCOP(=O)(OCC[N+](C)(C)C)c1ccccc1.[I-]. The van der Waals surface area contributed by atoms with Gasteiger partial charge >= 0.3 is 7.60 Å². The molecule has 1 rings (SSSR count). The van der Waals surface area contributed by atoms with E-state index in [1.54, 1.807) is 12.1 Å². The summed E-state index contributed by atoms with van der Waals surface area (Å²) in [6.45, 7) is 3.38. The first kappa shape index (κ1) is 19.1. The maximum absolute atomic E-state index is 12.6. The minimum absolute atomic E-state index is 0. The maximum Gasteiger partial charge on any atom is 0.361 e. The van der Waals surface area contributed by atoms with Gasteiger partial charge in [-0.3, -0.25) is 9.09 Å². The van der Waals surface area contributed by atoms with Gasteiger partial charge in [0.1, 0.15) is 13.2 Å². The summed E-state index contributed by atoms with van der Waals surface area (Å²) in [6, 6.07) is 9.12. The van der Waals surface area contributed by atoms with Crippen molar-refractivity contribution in [2.24, 2.45) is 0 Å². The average Bonchev–Trinajstić information content (AvgIpc) is 2.29. The molecule has 0 amide bonds. The zero-order chi connectivity index (χ0) is 13.6. The Morgan fingerprint density at radius 3 is 2.16 bits per heavy atom. The molecule has 0 aromatic heterocycles. The Labute approximate surface area is 133 Å². The van der Waals surface area contributed by atoms with Crippen LogP contribution >= 0.6 is 7.60 Å². The number of benzene rings is 1. The number of likely N-dealkylation sites (N-methyl/N-ethyl adjacent to an activating group) is 1. The average molecular weight is 399 g/mol. The Kier molecular flexibility index (Phi) is 8.40. The topological polar surface area (TPSA) is 35.5 Å². The van der Waals surface area contributed by atoms with Crippen LogP contribution in [-0.4, -0.2) is 45.4 Å². The van der Waals surface area contributed by atoms with Crippen LogP contribution in [0.4, 0.5) is 0 Å². The third-order valence-electron chi connectivity index (χ3n) is 2.39. The lowest BCUT2D eigenvalue weighted by Gasteiger charge is -2.25. The molecule has 0 heterocycles. The lowest BCUT2D eigenvalue weighted by Crippen LogP contribution is -3.00. The van der Waals surface area contributed by atoms with Crippen molar-refractivity contribution in [3.63, 3.8) is 0 Å². The van der Waals surface area contributed by atoms with E-state index < -0.39 is 7.60 Å². The molecule has 1 unspecified atom stereocenters. The summed E-state index contributed by atoms with van der Waals surface area (Å²) in [7, 11) is 3.03. The molecule has 0 spiro atoms. The van der Waals surface area contributed by atoms with E-state index in [0.717, 1.165) is 11.0 Å². The molecule has 19 heavy (non-hydrogen) atoms. The lowest BCUT2D eigenvalue weighted by molar-refractivity contribution is -0.870. The molecule has 1 aromatic carbocycles. The monoisotopic (exact) mass is 399 g/mol. The van der Waals surface area contributed by atoms with E-state index in [9.17, 15) is 4.57 Å². The maximum atomic E-state index is 12.6. The van der Waals surface area contributed by atoms with Gasteiger partial charge in [0.2, 0.25) is 0 Å². The molecule has 0 aliphatic carbocycles. The number of hydrogen-bond donors (Lipinski definition) is 0. The standard InChI is InChI=1S/C13H23NO3P.HI/c1-5-16-18(15,13-9-7-6-8-10-13)17-12-11-14(2,3)4;/h6-10H,5,11-12H2,1-4H3;1H/q+1;/p-1. The molecule has 0 bridgehead atoms. The Hall–Kier alpha value is 0.0600. The summed E-state index contributed by atoms with van der Waals surface area (Å²) in [5, 5.41) is 0.619. The van der Waals surface area contributed by atoms with Crippen molar-refractivity contribution in [1.29, 1.82) is 0 Å². The van der Waals surface area contributed by atoms with Crippen LogP contribution in [0.2, 0.25) is 0 Å². The number of halogens is 1. The number of quaternary nitrogens is 1. The van der Waals surface area contributed by atoms with Crippen LogP contribution in [0.5, 0.6) is 0 Å². The quantitative estimate of drug-likeness (QED) is 0.345. The highest BCUT2D eigenvalue weighted by Crippen LogP contribution is 2.46. The summed E-state index contributed by atoms with van der Waals surface area (Å²) in [4.78, 5) is 0. The summed E-state index contributed by atoms with van der Waals surface area (Å²) in [5.74, 6) is 0. The minimum Gasteiger partial charge on any atom is -1.00 e. The second-order valence-corrected chi connectivity index (χ2v) is 7.13. The third-order valence-corrected chi connectivity index (χ3v) is 4.45. The molecule has 0 N–H and O–H groups in total. The first-order valence-corrected chi connectivity index (χ1v) is 7.67. The van der Waals surface area contributed by atoms with Gasteiger partial charge in [-0.2, -0.15) is 0 Å². The van der Waals surface area contributed by atoms with Crippen molar-refractivity contribution in [2.75, 3.05) is 40.9 Å². The second-order valence-electron chi connectivity index (χ2n) is 5.10. The normalized spacial score (nSPS) is 14.5. The number of rotatable bonds is 7. The highest BCUT2D eigenvalue weighted by molar-refractivity contribution is 7.62. The molecule has 6 heteroatoms. The largest absolute Gasteiger partial charge is 1.00 e. The fourth-order valence-corrected chi connectivity index (χ4v) is 2.97. The fourth-order valence-electron chi connectivity index (χ4n) is 1.40. The van der Waals surface area contributed by atoms with Gasteiger partial charge in [0.25, 0.3) is 0 Å². The van der Waals surface area contributed by atoms with Gasteiger partial charge in [-0.05, 0) is 19.1 Å². The van der Waals surface area contributed by atoms with Crippen molar-refractivity contribution in [3.05, 3.63) is 30.3 Å². The van der Waals surface area contributed by atoms with Crippen LogP contribution in [0.15, 0.2) is 30.3 Å². The second kappa shape index (κ2) is 8.37. The van der Waals surface area contributed by atoms with E-state index in [4.69, 9.17) is 9.05 Å². The molecule has 0 radical (unpaired) electrons. The van der Waals surface area contributed by atoms with Crippen molar-refractivity contribution in [2.45, 2.75) is 6.92 Å². The Bertz CT molecular complexity index is 406. The first-order chi connectivity index (χ1) is 8.37. The van der Waals surface area contributed by atoms with Crippen LogP contribution in [0.3, 0.4) is 0 Å². The molecular formula is C13H23INO3P. The van der Waals surface area contributed by atoms with E-state index in [-0.39, 0.29) is 24.0 Å². The Morgan fingerprint density at radius 1 is 1.11 bits per heavy atom. The zero-order valence-electron chi connectivity index (χ0n) is 12.0. The number of hydrogen-bond acceptors (Lipinski definition) is 3. The smallest absolute Gasteiger partial charge is 0.361 e. The van der Waals surface area contributed by atoms with Crippen LogP contribution in [-0.2, 0) is 13.6 Å². The minimum atomic E-state index is -3.17. The van der Waals surface area contributed by atoms with Gasteiger partial charge < -0.3 is 33.0 Å². The molecule has 110 valence electrons. The van der Waals surface area contributed by atoms with Crippen molar-refractivity contribution in [3.8, 4) is 0 Å². The van der Waals surface area contributed by atoms with Crippen LogP contribution in [0.25, 0.3) is 0 Å². The summed E-state index contributed by atoms with van der Waals surface area (Å²) in [5.41, 5.74) is 0. The Morgan fingerprint density at radius 2 is 1.68 bits per heavy atom. The predicted molar refractivity (Wildman–Crippen MR) is 74.2 cm³/mol. The van der Waals surface area contributed by atoms with E-state index in [1.165, 1.54) is 0 Å². The van der Waals surface area contributed by atoms with Gasteiger partial charge in [-0.15, -0.1) is 0 Å². The molecule has 0 aliphatic rings. The summed E-state index contributed by atoms with van der Waals surface area (Å²) < 4.78 is 24.3. The van der Waals surface area contributed by atoms with Crippen molar-refractivity contribution >= 4 is 12.9 Å². The van der Waals surface area contributed by atoms with Crippen molar-refractivity contribution in [1.82, 2.24) is 0 Å². The zero-order valence-corrected chi connectivity index (χ0v) is 15.1. The highest BCUT2D eigenvalue weighted by Gasteiger charge is 2.27. The van der Waals surface area contributed by atoms with Gasteiger partial charge in [0.15, 0.2) is 0 Å². The van der Waals surface area contributed by atoms with E-state index in [2.05, 4.69) is 21.1 Å². The van der Waals surface area contributed by atoms with Crippen LogP contribution in [0, 0.1) is 0 Å². The summed E-state index contributed by atoms with van der Waals surface area (Å²) >= 11 is 0. The molecule has 1 atom stereocenters. The predicted octanol–water partition coefficient (Wildman–Crippen LogP) is -0.732. The number of nitrogens with zero attached hydrogens (tertiary/aromatic N) is 1. The van der Waals surface area contributed by atoms with Gasteiger partial charge in [-0.25, -0.2) is 0 Å². The molecule has 4 nitrogen and oxygen atoms in total. The molecule has 1 aromatic rings.